The number of carboxylic acids is 1. The molecule has 0 fully saturated rings. The lowest BCUT2D eigenvalue weighted by molar-refractivity contribution is 0.0696. The predicted octanol–water partition coefficient (Wildman–Crippen LogP) is 5.61. The van der Waals surface area contributed by atoms with Gasteiger partial charge in [0.2, 0.25) is 0 Å². The molecule has 3 aromatic rings. The van der Waals surface area contributed by atoms with Crippen LogP contribution in [0.2, 0.25) is 5.02 Å². The van der Waals surface area contributed by atoms with Crippen molar-refractivity contribution in [2.24, 2.45) is 0 Å². The molecule has 8 nitrogen and oxygen atoms in total. The molecule has 196 valence electrons. The molecule has 0 aromatic heterocycles. The summed E-state index contributed by atoms with van der Waals surface area (Å²) in [4.78, 5) is 23.1. The molecule has 2 atom stereocenters. The zero-order chi connectivity index (χ0) is 25.7. The highest BCUT2D eigenvalue weighted by molar-refractivity contribution is 6.30. The molecule has 1 aliphatic rings. The first kappa shape index (κ1) is 28.3. The Morgan fingerprint density at radius 2 is 1.89 bits per heavy atom. The number of aliphatic hydroxyl groups is 1. The van der Waals surface area contributed by atoms with Crippen molar-refractivity contribution in [3.05, 3.63) is 87.9 Å². The van der Waals surface area contributed by atoms with Gasteiger partial charge in [0.15, 0.2) is 0 Å². The Labute approximate surface area is 226 Å². The van der Waals surface area contributed by atoms with Gasteiger partial charge >= 0.3 is 12.1 Å². The lowest BCUT2D eigenvalue weighted by Crippen LogP contribution is -2.37. The number of ether oxygens (including phenoxy) is 2. The number of aromatic carboxylic acids is 1. The number of anilines is 1. The number of halogens is 2. The number of hydrogen-bond acceptors (Lipinski definition) is 6. The average molecular weight is 547 g/mol. The number of nitrogens with one attached hydrogen (secondary N) is 2. The molecule has 0 heterocycles. The van der Waals surface area contributed by atoms with Crippen LogP contribution in [0.1, 0.15) is 39.6 Å². The summed E-state index contributed by atoms with van der Waals surface area (Å²) in [7, 11) is 1.22. The molecule has 4 N–H and O–H groups in total. The van der Waals surface area contributed by atoms with E-state index in [0.29, 0.717) is 17.3 Å². The number of amides is 1. The Hall–Kier alpha value is -3.30. The van der Waals surface area contributed by atoms with Crippen molar-refractivity contribution in [3.63, 3.8) is 0 Å². The lowest BCUT2D eigenvalue weighted by atomic mass is 9.88. The van der Waals surface area contributed by atoms with E-state index in [9.17, 15) is 19.8 Å². The van der Waals surface area contributed by atoms with Crippen LogP contribution in [0.25, 0.3) is 0 Å². The fourth-order valence-corrected chi connectivity index (χ4v) is 4.44. The van der Waals surface area contributed by atoms with Crippen molar-refractivity contribution in [1.29, 1.82) is 0 Å². The molecule has 0 saturated carbocycles. The van der Waals surface area contributed by atoms with Gasteiger partial charge in [-0.1, -0.05) is 29.8 Å². The highest BCUT2D eigenvalue weighted by atomic mass is 35.5. The van der Waals surface area contributed by atoms with Gasteiger partial charge in [-0.05, 0) is 72.4 Å². The summed E-state index contributed by atoms with van der Waals surface area (Å²) in [6, 6.07) is 17.4. The van der Waals surface area contributed by atoms with Crippen molar-refractivity contribution in [3.8, 4) is 11.5 Å². The topological polar surface area (TPSA) is 117 Å². The third-order valence-electron chi connectivity index (χ3n) is 6.06. The zero-order valence-electron chi connectivity index (χ0n) is 20.1. The maximum atomic E-state index is 11.6. The van der Waals surface area contributed by atoms with Gasteiger partial charge in [-0.25, -0.2) is 9.59 Å². The Bertz CT molecular complexity index is 1270. The maximum Gasteiger partial charge on any atom is 0.411 e. The first-order valence-corrected chi connectivity index (χ1v) is 11.9. The quantitative estimate of drug-likeness (QED) is 0.290. The molecule has 0 unspecified atom stereocenters. The monoisotopic (exact) mass is 546 g/mol. The fraction of sp³-hybridized carbons (Fsp3) is 0.259. The van der Waals surface area contributed by atoms with Crippen molar-refractivity contribution in [1.82, 2.24) is 5.32 Å². The Balaban J connectivity index is 0.00000380. The van der Waals surface area contributed by atoms with Crippen LogP contribution in [0, 0.1) is 0 Å². The third-order valence-corrected chi connectivity index (χ3v) is 6.30. The molecule has 0 bridgehead atoms. The van der Waals surface area contributed by atoms with E-state index in [-0.39, 0.29) is 35.4 Å². The van der Waals surface area contributed by atoms with Gasteiger partial charge in [0.05, 0.1) is 18.8 Å². The fourth-order valence-electron chi connectivity index (χ4n) is 4.24. The van der Waals surface area contributed by atoms with Crippen LogP contribution in [0.4, 0.5) is 10.5 Å². The van der Waals surface area contributed by atoms with Gasteiger partial charge in [0, 0.05) is 29.4 Å². The first-order chi connectivity index (χ1) is 17.3. The molecule has 0 radical (unpaired) electrons. The Kier molecular flexibility index (Phi) is 9.77. The van der Waals surface area contributed by atoms with Crippen LogP contribution in [0.15, 0.2) is 60.7 Å². The summed E-state index contributed by atoms with van der Waals surface area (Å²) in [5.74, 6) is -0.316. The summed E-state index contributed by atoms with van der Waals surface area (Å²) >= 11 is 6.03. The predicted molar refractivity (Wildman–Crippen MR) is 143 cm³/mol. The summed E-state index contributed by atoms with van der Waals surface area (Å²) < 4.78 is 10.5. The van der Waals surface area contributed by atoms with E-state index in [4.69, 9.17) is 16.3 Å². The number of aryl methyl sites for hydroxylation is 1. The molecule has 0 spiro atoms. The van der Waals surface area contributed by atoms with Crippen LogP contribution in [-0.2, 0) is 17.6 Å². The summed E-state index contributed by atoms with van der Waals surface area (Å²) in [6.45, 7) is 0.411. The number of carbonyl (C=O) groups is 2. The molecule has 4 rings (SSSR count). The van der Waals surface area contributed by atoms with E-state index in [0.717, 1.165) is 30.4 Å². The van der Waals surface area contributed by atoms with Crippen molar-refractivity contribution in [2.75, 3.05) is 19.0 Å². The maximum absolute atomic E-state index is 11.6. The van der Waals surface area contributed by atoms with E-state index in [1.54, 1.807) is 12.1 Å². The highest BCUT2D eigenvalue weighted by Crippen LogP contribution is 2.31. The zero-order valence-corrected chi connectivity index (χ0v) is 21.6. The van der Waals surface area contributed by atoms with Crippen LogP contribution in [0.3, 0.4) is 0 Å². The highest BCUT2D eigenvalue weighted by Gasteiger charge is 2.20. The molecular weight excluding hydrogens is 519 g/mol. The van der Waals surface area contributed by atoms with Gasteiger partial charge in [-0.3, -0.25) is 5.32 Å². The standard InChI is InChI=1S/C27H27ClN2O6.ClH/c1-35-27(34)30-22-11-19(26(32)33)13-24(14-22)36-23-8-6-16-5-7-21(10-18(16)12-23)29-15-25(31)17-3-2-4-20(28)9-17;/h2-4,6,8-9,11-14,21,25,29,31H,5,7,10,15H2,1H3,(H,30,34)(H,32,33);1H/t21-,25+;/m0./s1. The molecule has 3 aromatic carbocycles. The van der Waals surface area contributed by atoms with E-state index < -0.39 is 18.2 Å². The number of methoxy groups -OCH3 is 1. The van der Waals surface area contributed by atoms with Gasteiger partial charge in [-0.2, -0.15) is 0 Å². The Morgan fingerprint density at radius 3 is 2.62 bits per heavy atom. The average Bonchev–Trinajstić information content (AvgIpc) is 2.86. The van der Waals surface area contributed by atoms with E-state index in [1.165, 1.54) is 30.9 Å². The summed E-state index contributed by atoms with van der Waals surface area (Å²) in [6.07, 6.45) is 1.23. The number of hydrogen-bond donors (Lipinski definition) is 4. The van der Waals surface area contributed by atoms with Gasteiger partial charge in [0.25, 0.3) is 0 Å². The molecule has 0 saturated heterocycles. The van der Waals surface area contributed by atoms with Crippen molar-refractivity contribution < 1.29 is 29.3 Å². The first-order valence-electron chi connectivity index (χ1n) is 11.5. The molecule has 1 amide bonds. The number of aliphatic hydroxyl groups excluding tert-OH is 1. The van der Waals surface area contributed by atoms with E-state index in [1.807, 2.05) is 30.3 Å². The second kappa shape index (κ2) is 12.8. The number of rotatable bonds is 8. The second-order valence-electron chi connectivity index (χ2n) is 8.62. The smallest absolute Gasteiger partial charge is 0.411 e. The largest absolute Gasteiger partial charge is 0.478 e. The third kappa shape index (κ3) is 7.60. The molecule has 37 heavy (non-hydrogen) atoms. The van der Waals surface area contributed by atoms with E-state index in [2.05, 4.69) is 15.4 Å². The molecule has 10 heteroatoms. The Morgan fingerprint density at radius 1 is 1.08 bits per heavy atom. The van der Waals surface area contributed by atoms with Crippen LogP contribution in [0.5, 0.6) is 11.5 Å². The van der Waals surface area contributed by atoms with Crippen molar-refractivity contribution in [2.45, 2.75) is 31.4 Å². The number of benzene rings is 3. The van der Waals surface area contributed by atoms with Crippen LogP contribution >= 0.6 is 24.0 Å². The minimum absolute atomic E-state index is 0. The number of carboxylic acid groups (broad SMARTS) is 1. The van der Waals surface area contributed by atoms with Crippen LogP contribution < -0.4 is 15.4 Å². The summed E-state index contributed by atoms with van der Waals surface area (Å²) in [5.41, 5.74) is 3.34. The van der Waals surface area contributed by atoms with Crippen LogP contribution in [-0.4, -0.2) is 42.0 Å². The summed E-state index contributed by atoms with van der Waals surface area (Å²) in [5, 5.41) is 26.4. The second-order valence-corrected chi connectivity index (χ2v) is 9.06. The SMILES string of the molecule is COC(=O)Nc1cc(Oc2ccc3c(c2)C[C@@H](NC[C@@H](O)c2cccc(Cl)c2)CC3)cc(C(=O)O)c1.Cl. The molecule has 1 aliphatic carbocycles. The lowest BCUT2D eigenvalue weighted by Gasteiger charge is -2.27. The molecular formula is C27H28Cl2N2O6. The van der Waals surface area contributed by atoms with Gasteiger partial charge in [0.1, 0.15) is 11.5 Å². The van der Waals surface area contributed by atoms with E-state index >= 15 is 0 Å². The van der Waals surface area contributed by atoms with Gasteiger partial charge < -0.3 is 25.0 Å². The molecule has 0 aliphatic heterocycles. The minimum Gasteiger partial charge on any atom is -0.478 e. The van der Waals surface area contributed by atoms with Crippen molar-refractivity contribution >= 4 is 41.8 Å². The normalized spacial score (nSPS) is 15.1. The minimum atomic E-state index is -1.15. The number of carbonyl (C=O) groups excluding carboxylic acids is 1. The van der Waals surface area contributed by atoms with Gasteiger partial charge in [-0.15, -0.1) is 12.4 Å². The number of fused-ring (bicyclic) bond motifs is 1.